The molecule has 0 saturated heterocycles. The van der Waals surface area contributed by atoms with Crippen molar-refractivity contribution in [2.75, 3.05) is 7.05 Å². The Bertz CT molecular complexity index is 404. The van der Waals surface area contributed by atoms with E-state index < -0.39 is 0 Å². The molecular weight excluding hydrogens is 234 g/mol. The summed E-state index contributed by atoms with van der Waals surface area (Å²) in [6.07, 6.45) is 2.99. The van der Waals surface area contributed by atoms with Crippen LogP contribution in [0.5, 0.6) is 0 Å². The van der Waals surface area contributed by atoms with Gasteiger partial charge in [-0.15, -0.1) is 11.3 Å². The number of aromatic nitrogens is 1. The van der Waals surface area contributed by atoms with E-state index in [4.69, 9.17) is 5.73 Å². The SMILES string of the molecule is Cc1ncsc1CN(C)C(=O)[C@H]1CCC[C@@H]1N. The lowest BCUT2D eigenvalue weighted by Crippen LogP contribution is -2.39. The van der Waals surface area contributed by atoms with Crippen molar-refractivity contribution in [3.8, 4) is 0 Å². The highest BCUT2D eigenvalue weighted by molar-refractivity contribution is 7.09. The highest BCUT2D eigenvalue weighted by atomic mass is 32.1. The summed E-state index contributed by atoms with van der Waals surface area (Å²) in [6, 6.07) is 0.0486. The molecule has 0 spiro atoms. The first kappa shape index (κ1) is 12.5. The van der Waals surface area contributed by atoms with Gasteiger partial charge in [0.25, 0.3) is 0 Å². The van der Waals surface area contributed by atoms with E-state index in [9.17, 15) is 4.79 Å². The summed E-state index contributed by atoms with van der Waals surface area (Å²) in [6.45, 7) is 2.63. The number of carbonyl (C=O) groups excluding carboxylic acids is 1. The lowest BCUT2D eigenvalue weighted by Gasteiger charge is -2.23. The molecule has 17 heavy (non-hydrogen) atoms. The number of hydrogen-bond donors (Lipinski definition) is 1. The van der Waals surface area contributed by atoms with Crippen LogP contribution >= 0.6 is 11.3 Å². The Morgan fingerprint density at radius 3 is 2.94 bits per heavy atom. The fraction of sp³-hybridized carbons (Fsp3) is 0.667. The summed E-state index contributed by atoms with van der Waals surface area (Å²) >= 11 is 1.60. The smallest absolute Gasteiger partial charge is 0.227 e. The first-order valence-corrected chi connectivity index (χ1v) is 6.87. The molecule has 2 N–H and O–H groups in total. The van der Waals surface area contributed by atoms with Gasteiger partial charge in [0.15, 0.2) is 0 Å². The fourth-order valence-corrected chi connectivity index (χ4v) is 3.18. The van der Waals surface area contributed by atoms with Gasteiger partial charge in [0.1, 0.15) is 0 Å². The standard InChI is InChI=1S/C12H19N3OS/c1-8-11(17-7-14-8)6-15(2)12(16)9-4-3-5-10(9)13/h7,9-10H,3-6,13H2,1-2H3/t9-,10-/m0/s1. The number of nitrogens with two attached hydrogens (primary N) is 1. The molecule has 1 aromatic heterocycles. The van der Waals surface area contributed by atoms with Crippen molar-refractivity contribution >= 4 is 17.2 Å². The third kappa shape index (κ3) is 2.66. The number of aryl methyl sites for hydroxylation is 1. The molecule has 1 saturated carbocycles. The van der Waals surface area contributed by atoms with Crippen molar-refractivity contribution in [2.45, 2.75) is 38.8 Å². The Labute approximate surface area is 106 Å². The van der Waals surface area contributed by atoms with E-state index >= 15 is 0 Å². The van der Waals surface area contributed by atoms with E-state index in [-0.39, 0.29) is 17.9 Å². The molecule has 1 heterocycles. The first-order valence-electron chi connectivity index (χ1n) is 5.99. The van der Waals surface area contributed by atoms with E-state index in [1.165, 1.54) is 0 Å². The highest BCUT2D eigenvalue weighted by Gasteiger charge is 2.32. The van der Waals surface area contributed by atoms with Crippen LogP contribution in [0.2, 0.25) is 0 Å². The van der Waals surface area contributed by atoms with Gasteiger partial charge in [0.05, 0.1) is 23.7 Å². The van der Waals surface area contributed by atoms with Crippen LogP contribution in [0.1, 0.15) is 29.8 Å². The van der Waals surface area contributed by atoms with Gasteiger partial charge in [-0.2, -0.15) is 0 Å². The molecule has 4 nitrogen and oxygen atoms in total. The Balaban J connectivity index is 1.98. The average Bonchev–Trinajstić information content (AvgIpc) is 2.88. The molecule has 0 bridgehead atoms. The van der Waals surface area contributed by atoms with Gasteiger partial charge in [-0.1, -0.05) is 6.42 Å². The average molecular weight is 253 g/mol. The topological polar surface area (TPSA) is 59.2 Å². The Kier molecular flexibility index (Phi) is 3.79. The zero-order valence-electron chi connectivity index (χ0n) is 10.3. The second-order valence-electron chi connectivity index (χ2n) is 4.76. The van der Waals surface area contributed by atoms with E-state index in [0.29, 0.717) is 6.54 Å². The molecule has 1 aliphatic carbocycles. The summed E-state index contributed by atoms with van der Waals surface area (Å²) < 4.78 is 0. The van der Waals surface area contributed by atoms with Gasteiger partial charge in [-0.3, -0.25) is 4.79 Å². The molecular formula is C12H19N3OS. The molecule has 0 aliphatic heterocycles. The van der Waals surface area contributed by atoms with Crippen LogP contribution in [-0.4, -0.2) is 28.9 Å². The van der Waals surface area contributed by atoms with E-state index in [2.05, 4.69) is 4.98 Å². The van der Waals surface area contributed by atoms with Crippen LogP contribution in [0.3, 0.4) is 0 Å². The van der Waals surface area contributed by atoms with Crippen molar-refractivity contribution < 1.29 is 4.79 Å². The molecule has 0 unspecified atom stereocenters. The molecule has 1 amide bonds. The van der Waals surface area contributed by atoms with Gasteiger partial charge >= 0.3 is 0 Å². The minimum absolute atomic E-state index is 0.0215. The summed E-state index contributed by atoms with van der Waals surface area (Å²) in [5, 5.41) is 0. The molecule has 1 aliphatic rings. The van der Waals surface area contributed by atoms with Crippen LogP contribution in [-0.2, 0) is 11.3 Å². The first-order chi connectivity index (χ1) is 8.09. The zero-order valence-corrected chi connectivity index (χ0v) is 11.2. The number of rotatable bonds is 3. The minimum Gasteiger partial charge on any atom is -0.340 e. The summed E-state index contributed by atoms with van der Waals surface area (Å²) in [7, 11) is 1.85. The maximum Gasteiger partial charge on any atom is 0.227 e. The Hall–Kier alpha value is -0.940. The highest BCUT2D eigenvalue weighted by Crippen LogP contribution is 2.26. The summed E-state index contributed by atoms with van der Waals surface area (Å²) in [5.41, 5.74) is 8.81. The van der Waals surface area contributed by atoms with Crippen molar-refractivity contribution in [2.24, 2.45) is 11.7 Å². The maximum atomic E-state index is 12.2. The van der Waals surface area contributed by atoms with Crippen LogP contribution in [0, 0.1) is 12.8 Å². The van der Waals surface area contributed by atoms with Crippen molar-refractivity contribution in [3.05, 3.63) is 16.1 Å². The second-order valence-corrected chi connectivity index (χ2v) is 5.70. The molecule has 0 aromatic carbocycles. The third-order valence-corrected chi connectivity index (χ3v) is 4.41. The van der Waals surface area contributed by atoms with Crippen molar-refractivity contribution in [1.29, 1.82) is 0 Å². The normalized spacial score (nSPS) is 23.9. The van der Waals surface area contributed by atoms with E-state index in [1.807, 2.05) is 19.5 Å². The minimum atomic E-state index is 0.0215. The second kappa shape index (κ2) is 5.14. The lowest BCUT2D eigenvalue weighted by molar-refractivity contribution is -0.134. The zero-order chi connectivity index (χ0) is 12.4. The predicted molar refractivity (Wildman–Crippen MR) is 68.6 cm³/mol. The number of thiazole rings is 1. The van der Waals surface area contributed by atoms with Crippen LogP contribution in [0.25, 0.3) is 0 Å². The van der Waals surface area contributed by atoms with Crippen LogP contribution in [0.15, 0.2) is 5.51 Å². The van der Waals surface area contributed by atoms with Crippen molar-refractivity contribution in [1.82, 2.24) is 9.88 Å². The largest absolute Gasteiger partial charge is 0.340 e. The molecule has 5 heteroatoms. The van der Waals surface area contributed by atoms with E-state index in [0.717, 1.165) is 29.8 Å². The van der Waals surface area contributed by atoms with Crippen LogP contribution < -0.4 is 5.73 Å². The molecule has 2 rings (SSSR count). The van der Waals surface area contributed by atoms with Gasteiger partial charge in [0, 0.05) is 18.0 Å². The van der Waals surface area contributed by atoms with Gasteiger partial charge in [-0.05, 0) is 19.8 Å². The summed E-state index contributed by atoms with van der Waals surface area (Å²) in [4.78, 5) is 19.4. The maximum absolute atomic E-state index is 12.2. The monoisotopic (exact) mass is 253 g/mol. The Morgan fingerprint density at radius 1 is 1.65 bits per heavy atom. The van der Waals surface area contributed by atoms with E-state index in [1.54, 1.807) is 16.2 Å². The lowest BCUT2D eigenvalue weighted by atomic mass is 10.0. The number of amides is 1. The summed E-state index contributed by atoms with van der Waals surface area (Å²) in [5.74, 6) is 0.205. The predicted octanol–water partition coefficient (Wildman–Crippen LogP) is 1.54. The molecule has 1 aromatic rings. The quantitative estimate of drug-likeness (QED) is 0.889. The molecule has 0 radical (unpaired) electrons. The third-order valence-electron chi connectivity index (χ3n) is 3.49. The number of nitrogens with zero attached hydrogens (tertiary/aromatic N) is 2. The van der Waals surface area contributed by atoms with Crippen molar-refractivity contribution in [3.63, 3.8) is 0 Å². The molecule has 1 fully saturated rings. The van der Waals surface area contributed by atoms with Gasteiger partial charge in [0.2, 0.25) is 5.91 Å². The Morgan fingerprint density at radius 2 is 2.41 bits per heavy atom. The van der Waals surface area contributed by atoms with Gasteiger partial charge < -0.3 is 10.6 Å². The van der Waals surface area contributed by atoms with Crippen LogP contribution in [0.4, 0.5) is 0 Å². The molecule has 94 valence electrons. The number of carbonyl (C=O) groups is 1. The van der Waals surface area contributed by atoms with Gasteiger partial charge in [-0.25, -0.2) is 4.98 Å². The fourth-order valence-electron chi connectivity index (χ4n) is 2.35. The number of hydrogen-bond acceptors (Lipinski definition) is 4. The molecule has 2 atom stereocenters.